The fraction of sp³-hybridized carbons (Fsp3) is 0.190. The minimum Gasteiger partial charge on any atom is -0.462 e. The highest BCUT2D eigenvalue weighted by Gasteiger charge is 2.27. The average molecular weight is 408 g/mol. The lowest BCUT2D eigenvalue weighted by molar-refractivity contribution is 0.251. The molecule has 0 aliphatic heterocycles. The number of fused-ring (bicyclic) bond motifs is 1. The summed E-state index contributed by atoms with van der Waals surface area (Å²) in [6, 6.07) is 17.7. The van der Waals surface area contributed by atoms with Gasteiger partial charge in [0.15, 0.2) is 5.82 Å². The van der Waals surface area contributed by atoms with Gasteiger partial charge in [-0.15, -0.1) is 4.09 Å². The zero-order valence-electron chi connectivity index (χ0n) is 16.1. The number of aromatic nitrogens is 4. The first-order chi connectivity index (χ1) is 14.0. The van der Waals surface area contributed by atoms with Crippen LogP contribution in [0.4, 0.5) is 0 Å². The summed E-state index contributed by atoms with van der Waals surface area (Å²) in [5.74, 6) is 0.443. The van der Waals surface area contributed by atoms with Crippen LogP contribution in [-0.2, 0) is 10.0 Å². The molecule has 148 valence electrons. The zero-order valence-corrected chi connectivity index (χ0v) is 16.9. The standard InChI is InChI=1S/C21H20N4O3S/c1-15(2)14-28-21-23-20(17-8-4-3-5-9-17)25(24-21)29(26,27)18-12-6-10-16-11-7-13-22-19(16)18/h3-13,15H,14H2,1-2H3. The van der Waals surface area contributed by atoms with Gasteiger partial charge in [0, 0.05) is 17.1 Å². The third kappa shape index (κ3) is 3.71. The van der Waals surface area contributed by atoms with Crippen LogP contribution in [0.5, 0.6) is 6.01 Å². The minimum absolute atomic E-state index is 0.0225. The summed E-state index contributed by atoms with van der Waals surface area (Å²) in [6.45, 7) is 4.37. The van der Waals surface area contributed by atoms with Crippen LogP contribution < -0.4 is 4.74 Å². The molecule has 7 nitrogen and oxygen atoms in total. The Labute approximate surface area is 169 Å². The Bertz CT molecular complexity index is 1250. The maximum absolute atomic E-state index is 13.6. The van der Waals surface area contributed by atoms with E-state index in [1.54, 1.807) is 30.5 Å². The second kappa shape index (κ2) is 7.63. The van der Waals surface area contributed by atoms with Gasteiger partial charge in [0.05, 0.1) is 12.1 Å². The molecule has 4 rings (SSSR count). The van der Waals surface area contributed by atoms with Crippen LogP contribution in [0.1, 0.15) is 13.8 Å². The highest BCUT2D eigenvalue weighted by Crippen LogP contribution is 2.28. The predicted molar refractivity (Wildman–Crippen MR) is 110 cm³/mol. The number of benzene rings is 2. The quantitative estimate of drug-likeness (QED) is 0.483. The largest absolute Gasteiger partial charge is 0.462 e. The van der Waals surface area contributed by atoms with E-state index in [1.807, 2.05) is 44.2 Å². The van der Waals surface area contributed by atoms with Crippen molar-refractivity contribution in [2.75, 3.05) is 6.61 Å². The smallest absolute Gasteiger partial charge is 0.337 e. The van der Waals surface area contributed by atoms with Crippen molar-refractivity contribution in [2.24, 2.45) is 5.92 Å². The molecule has 0 fully saturated rings. The van der Waals surface area contributed by atoms with Crippen LogP contribution in [-0.4, -0.2) is 34.2 Å². The molecule has 0 aliphatic rings. The van der Waals surface area contributed by atoms with Crippen LogP contribution >= 0.6 is 0 Å². The fourth-order valence-electron chi connectivity index (χ4n) is 2.89. The number of nitrogens with zero attached hydrogens (tertiary/aromatic N) is 4. The normalized spacial score (nSPS) is 11.8. The first-order valence-corrected chi connectivity index (χ1v) is 10.7. The monoisotopic (exact) mass is 408 g/mol. The Morgan fingerprint density at radius 3 is 2.52 bits per heavy atom. The van der Waals surface area contributed by atoms with Gasteiger partial charge in [0.25, 0.3) is 10.0 Å². The number of rotatable bonds is 6. The van der Waals surface area contributed by atoms with E-state index in [1.165, 1.54) is 6.07 Å². The maximum Gasteiger partial charge on any atom is 0.337 e. The SMILES string of the molecule is CC(C)COc1nc(-c2ccccc2)n(S(=O)(=O)c2cccc3cccnc23)n1. The van der Waals surface area contributed by atoms with E-state index < -0.39 is 10.0 Å². The molecule has 2 aromatic heterocycles. The Hall–Kier alpha value is -3.26. The van der Waals surface area contributed by atoms with E-state index in [-0.39, 0.29) is 22.6 Å². The number of hydrogen-bond donors (Lipinski definition) is 0. The molecule has 0 radical (unpaired) electrons. The molecule has 0 saturated heterocycles. The topological polar surface area (TPSA) is 87.0 Å². The Morgan fingerprint density at radius 2 is 1.76 bits per heavy atom. The minimum atomic E-state index is -4.06. The van der Waals surface area contributed by atoms with Gasteiger partial charge >= 0.3 is 6.01 Å². The highest BCUT2D eigenvalue weighted by atomic mass is 32.2. The molecule has 29 heavy (non-hydrogen) atoms. The maximum atomic E-state index is 13.6. The fourth-order valence-corrected chi connectivity index (χ4v) is 4.29. The molecule has 0 aliphatic carbocycles. The van der Waals surface area contributed by atoms with Crippen LogP contribution in [0.15, 0.2) is 71.8 Å². The Kier molecular flexibility index (Phi) is 5.02. The second-order valence-corrected chi connectivity index (χ2v) is 8.70. The van der Waals surface area contributed by atoms with E-state index in [0.717, 1.165) is 9.47 Å². The van der Waals surface area contributed by atoms with Crippen LogP contribution in [0.25, 0.3) is 22.3 Å². The van der Waals surface area contributed by atoms with Gasteiger partial charge in [-0.1, -0.05) is 67.5 Å². The van der Waals surface area contributed by atoms with Crippen LogP contribution in [0, 0.1) is 5.92 Å². The van der Waals surface area contributed by atoms with E-state index >= 15 is 0 Å². The summed E-state index contributed by atoms with van der Waals surface area (Å²) in [5, 5.41) is 4.91. The molecule has 0 spiro atoms. The van der Waals surface area contributed by atoms with Crippen LogP contribution in [0.3, 0.4) is 0 Å². The van der Waals surface area contributed by atoms with E-state index in [2.05, 4.69) is 15.1 Å². The molecule has 0 saturated carbocycles. The summed E-state index contributed by atoms with van der Waals surface area (Å²) < 4.78 is 33.7. The second-order valence-electron chi connectivity index (χ2n) is 6.97. The molecule has 4 aromatic rings. The molecule has 0 amide bonds. The summed E-state index contributed by atoms with van der Waals surface area (Å²) in [5.41, 5.74) is 1.00. The molecule has 8 heteroatoms. The van der Waals surface area contributed by atoms with Crippen molar-refractivity contribution >= 4 is 20.9 Å². The molecule has 0 atom stereocenters. The van der Waals surface area contributed by atoms with Gasteiger partial charge in [-0.3, -0.25) is 4.98 Å². The molecular weight excluding hydrogens is 388 g/mol. The number of para-hydroxylation sites is 1. The number of hydrogen-bond acceptors (Lipinski definition) is 6. The molecule has 2 heterocycles. The van der Waals surface area contributed by atoms with E-state index in [9.17, 15) is 8.42 Å². The molecule has 0 unspecified atom stereocenters. The summed E-state index contributed by atoms with van der Waals surface area (Å²) in [4.78, 5) is 8.69. The number of pyridine rings is 1. The third-order valence-corrected chi connectivity index (χ3v) is 5.83. The number of ether oxygens (including phenoxy) is 1. The van der Waals surface area contributed by atoms with Crippen molar-refractivity contribution in [2.45, 2.75) is 18.7 Å². The Balaban J connectivity index is 1.90. The average Bonchev–Trinajstić information content (AvgIpc) is 3.18. The molecular formula is C21H20N4O3S. The van der Waals surface area contributed by atoms with Gasteiger partial charge in [-0.2, -0.15) is 13.4 Å². The van der Waals surface area contributed by atoms with Gasteiger partial charge in [0.1, 0.15) is 4.90 Å². The lowest BCUT2D eigenvalue weighted by Gasteiger charge is -2.09. The zero-order chi connectivity index (χ0) is 20.4. The lowest BCUT2D eigenvalue weighted by atomic mass is 10.2. The molecule has 0 bridgehead atoms. The first-order valence-electron chi connectivity index (χ1n) is 9.21. The molecule has 2 aromatic carbocycles. The van der Waals surface area contributed by atoms with Crippen molar-refractivity contribution in [3.63, 3.8) is 0 Å². The van der Waals surface area contributed by atoms with Gasteiger partial charge < -0.3 is 4.74 Å². The van der Waals surface area contributed by atoms with E-state index in [0.29, 0.717) is 17.7 Å². The van der Waals surface area contributed by atoms with Crippen molar-refractivity contribution in [3.8, 4) is 17.4 Å². The predicted octanol–water partition coefficient (Wildman–Crippen LogP) is 3.77. The van der Waals surface area contributed by atoms with Crippen molar-refractivity contribution in [1.82, 2.24) is 19.2 Å². The summed E-state index contributed by atoms with van der Waals surface area (Å²) >= 11 is 0. The van der Waals surface area contributed by atoms with Crippen molar-refractivity contribution in [1.29, 1.82) is 0 Å². The van der Waals surface area contributed by atoms with Crippen molar-refractivity contribution < 1.29 is 13.2 Å². The van der Waals surface area contributed by atoms with Crippen LogP contribution in [0.2, 0.25) is 0 Å². The van der Waals surface area contributed by atoms with Gasteiger partial charge in [-0.05, 0) is 18.1 Å². The summed E-state index contributed by atoms with van der Waals surface area (Å²) in [6.07, 6.45) is 1.57. The van der Waals surface area contributed by atoms with E-state index in [4.69, 9.17) is 4.74 Å². The van der Waals surface area contributed by atoms with Crippen molar-refractivity contribution in [3.05, 3.63) is 66.9 Å². The highest BCUT2D eigenvalue weighted by molar-refractivity contribution is 7.90. The Morgan fingerprint density at radius 1 is 1.00 bits per heavy atom. The lowest BCUT2D eigenvalue weighted by Crippen LogP contribution is -2.17. The van der Waals surface area contributed by atoms with Gasteiger partial charge in [-0.25, -0.2) is 0 Å². The summed E-state index contributed by atoms with van der Waals surface area (Å²) in [7, 11) is -4.06. The van der Waals surface area contributed by atoms with Gasteiger partial charge in [0.2, 0.25) is 0 Å². The third-order valence-electron chi connectivity index (χ3n) is 4.24. The first kappa shape index (κ1) is 19.1. The molecule has 0 N–H and O–H groups in total.